The summed E-state index contributed by atoms with van der Waals surface area (Å²) < 4.78 is 50.8. The Bertz CT molecular complexity index is 471. The lowest BCUT2D eigenvalue weighted by atomic mass is 9.99. The Morgan fingerprint density at radius 3 is 2.44 bits per heavy atom. The molecule has 0 aliphatic rings. The van der Waals surface area contributed by atoms with Crippen LogP contribution in [-0.4, -0.2) is 17.1 Å². The van der Waals surface area contributed by atoms with Crippen LogP contribution in [0.1, 0.15) is 16.7 Å². The van der Waals surface area contributed by atoms with Gasteiger partial charge in [-0.2, -0.15) is 13.2 Å². The quantitative estimate of drug-likeness (QED) is 0.823. The van der Waals surface area contributed by atoms with Gasteiger partial charge in [-0.3, -0.25) is 4.79 Å². The summed E-state index contributed by atoms with van der Waals surface area (Å²) in [6.07, 6.45) is -5.00. The number of carbonyl (C=O) groups is 1. The molecular weight excluding hydrogens is 254 g/mol. The van der Waals surface area contributed by atoms with Gasteiger partial charge in [0, 0.05) is 6.42 Å². The van der Waals surface area contributed by atoms with Crippen molar-refractivity contribution in [3.63, 3.8) is 0 Å². The lowest BCUT2D eigenvalue weighted by Crippen LogP contribution is -2.32. The number of benzene rings is 1. The number of hydrogen-bond acceptors (Lipinski definition) is 2. The van der Waals surface area contributed by atoms with E-state index in [1.807, 2.05) is 0 Å². The molecule has 0 heterocycles. The summed E-state index contributed by atoms with van der Waals surface area (Å²) in [5.74, 6) is -2.45. The van der Waals surface area contributed by atoms with Crippen LogP contribution in [-0.2, 0) is 17.4 Å². The molecule has 0 aliphatic carbocycles. The van der Waals surface area contributed by atoms with E-state index in [2.05, 4.69) is 0 Å². The number of nitrogens with two attached hydrogens (primary N) is 1. The molecule has 0 spiro atoms. The molecule has 0 radical (unpaired) electrons. The molecule has 0 saturated heterocycles. The average Bonchev–Trinajstić information content (AvgIpc) is 2.20. The highest BCUT2D eigenvalue weighted by Crippen LogP contribution is 2.33. The molecule has 100 valence electrons. The van der Waals surface area contributed by atoms with Crippen molar-refractivity contribution >= 4 is 5.97 Å². The standard InChI is InChI=1S/C11H11F4NO2/c1-5-2-6(3-9(16)10(17)18)8(12)4-7(5)11(13,14)15/h2,4,9H,3,16H2,1H3,(H,17,18). The lowest BCUT2D eigenvalue weighted by molar-refractivity contribution is -0.139. The highest BCUT2D eigenvalue weighted by atomic mass is 19.4. The molecule has 3 N–H and O–H groups in total. The van der Waals surface area contributed by atoms with Crippen LogP contribution in [0.15, 0.2) is 12.1 Å². The average molecular weight is 265 g/mol. The predicted molar refractivity (Wildman–Crippen MR) is 55.5 cm³/mol. The van der Waals surface area contributed by atoms with E-state index in [4.69, 9.17) is 10.8 Å². The van der Waals surface area contributed by atoms with Gasteiger partial charge in [-0.1, -0.05) is 6.07 Å². The second kappa shape index (κ2) is 4.93. The number of carboxylic acids is 1. The van der Waals surface area contributed by atoms with E-state index < -0.39 is 29.6 Å². The molecule has 0 saturated carbocycles. The smallest absolute Gasteiger partial charge is 0.416 e. The van der Waals surface area contributed by atoms with E-state index in [-0.39, 0.29) is 17.5 Å². The summed E-state index contributed by atoms with van der Waals surface area (Å²) in [7, 11) is 0. The van der Waals surface area contributed by atoms with Gasteiger partial charge < -0.3 is 10.8 Å². The van der Waals surface area contributed by atoms with Crippen molar-refractivity contribution in [1.82, 2.24) is 0 Å². The molecule has 1 unspecified atom stereocenters. The first-order chi connectivity index (χ1) is 8.12. The molecule has 3 nitrogen and oxygen atoms in total. The first-order valence-electron chi connectivity index (χ1n) is 4.97. The summed E-state index contributed by atoms with van der Waals surface area (Å²) in [4.78, 5) is 10.5. The maximum atomic E-state index is 13.4. The maximum Gasteiger partial charge on any atom is 0.416 e. The first-order valence-corrected chi connectivity index (χ1v) is 4.97. The van der Waals surface area contributed by atoms with E-state index in [0.717, 1.165) is 6.07 Å². The Labute approximate surface area is 100 Å². The van der Waals surface area contributed by atoms with Gasteiger partial charge in [0.15, 0.2) is 0 Å². The van der Waals surface area contributed by atoms with Crippen LogP contribution in [0.25, 0.3) is 0 Å². The van der Waals surface area contributed by atoms with E-state index in [1.54, 1.807) is 0 Å². The van der Waals surface area contributed by atoms with Gasteiger partial charge in [-0.25, -0.2) is 4.39 Å². The van der Waals surface area contributed by atoms with Crippen LogP contribution in [0.2, 0.25) is 0 Å². The minimum absolute atomic E-state index is 0.143. The molecular formula is C11H11F4NO2. The molecule has 0 aromatic heterocycles. The Morgan fingerprint density at radius 2 is 2.00 bits per heavy atom. The molecule has 1 rings (SSSR count). The highest BCUT2D eigenvalue weighted by Gasteiger charge is 2.33. The molecule has 1 atom stereocenters. The van der Waals surface area contributed by atoms with Gasteiger partial charge in [0.1, 0.15) is 11.9 Å². The minimum Gasteiger partial charge on any atom is -0.480 e. The summed E-state index contributed by atoms with van der Waals surface area (Å²) in [6.45, 7) is 1.18. The van der Waals surface area contributed by atoms with Gasteiger partial charge in [0.2, 0.25) is 0 Å². The summed E-state index contributed by atoms with van der Waals surface area (Å²) in [5.41, 5.74) is 3.81. The molecule has 1 aromatic rings. The molecule has 0 fully saturated rings. The van der Waals surface area contributed by atoms with E-state index >= 15 is 0 Å². The van der Waals surface area contributed by atoms with E-state index in [1.165, 1.54) is 6.92 Å². The van der Waals surface area contributed by atoms with Crippen molar-refractivity contribution in [1.29, 1.82) is 0 Å². The number of halogens is 4. The minimum atomic E-state index is -4.64. The first kappa shape index (κ1) is 14.4. The zero-order valence-electron chi connectivity index (χ0n) is 9.38. The number of hydrogen-bond donors (Lipinski definition) is 2. The predicted octanol–water partition coefficient (Wildman–Crippen LogP) is 2.11. The van der Waals surface area contributed by atoms with Crippen molar-refractivity contribution in [3.05, 3.63) is 34.6 Å². The Morgan fingerprint density at radius 1 is 1.44 bits per heavy atom. The zero-order valence-corrected chi connectivity index (χ0v) is 9.38. The summed E-state index contributed by atoms with van der Waals surface area (Å²) in [5, 5.41) is 8.56. The fourth-order valence-corrected chi connectivity index (χ4v) is 1.53. The van der Waals surface area contributed by atoms with Crippen molar-refractivity contribution < 1.29 is 27.5 Å². The lowest BCUT2D eigenvalue weighted by Gasteiger charge is -2.14. The number of alkyl halides is 3. The number of carboxylic acid groups (broad SMARTS) is 1. The topological polar surface area (TPSA) is 63.3 Å². The van der Waals surface area contributed by atoms with Crippen LogP contribution in [0.3, 0.4) is 0 Å². The van der Waals surface area contributed by atoms with Gasteiger partial charge in [0.05, 0.1) is 5.56 Å². The SMILES string of the molecule is Cc1cc(CC(N)C(=O)O)c(F)cc1C(F)(F)F. The summed E-state index contributed by atoms with van der Waals surface area (Å²) >= 11 is 0. The van der Waals surface area contributed by atoms with Crippen LogP contribution in [0.4, 0.5) is 17.6 Å². The fourth-order valence-electron chi connectivity index (χ4n) is 1.53. The van der Waals surface area contributed by atoms with Crippen LogP contribution < -0.4 is 5.73 Å². The van der Waals surface area contributed by atoms with Crippen LogP contribution in [0, 0.1) is 12.7 Å². The summed E-state index contributed by atoms with van der Waals surface area (Å²) in [6, 6.07) is -0.0177. The number of aliphatic carboxylic acids is 1. The number of rotatable bonds is 3. The Kier molecular flexibility index (Phi) is 3.95. The number of aryl methyl sites for hydroxylation is 1. The molecule has 7 heteroatoms. The third-order valence-corrected chi connectivity index (χ3v) is 2.46. The second-order valence-corrected chi connectivity index (χ2v) is 3.91. The van der Waals surface area contributed by atoms with Crippen molar-refractivity contribution in [2.24, 2.45) is 5.73 Å². The van der Waals surface area contributed by atoms with E-state index in [0.29, 0.717) is 6.07 Å². The van der Waals surface area contributed by atoms with Crippen LogP contribution >= 0.6 is 0 Å². The zero-order chi connectivity index (χ0) is 14.1. The monoisotopic (exact) mass is 265 g/mol. The highest BCUT2D eigenvalue weighted by molar-refractivity contribution is 5.73. The fraction of sp³-hybridized carbons (Fsp3) is 0.364. The molecule has 0 aliphatic heterocycles. The molecule has 1 aromatic carbocycles. The molecule has 0 bridgehead atoms. The molecule has 18 heavy (non-hydrogen) atoms. The van der Waals surface area contributed by atoms with Gasteiger partial charge >= 0.3 is 12.1 Å². The Balaban J connectivity index is 3.12. The maximum absolute atomic E-state index is 13.4. The van der Waals surface area contributed by atoms with Crippen molar-refractivity contribution in [2.45, 2.75) is 25.6 Å². The third-order valence-electron chi connectivity index (χ3n) is 2.46. The normalized spacial score (nSPS) is 13.4. The van der Waals surface area contributed by atoms with Gasteiger partial charge in [-0.05, 0) is 24.1 Å². The van der Waals surface area contributed by atoms with Crippen LogP contribution in [0.5, 0.6) is 0 Å². The van der Waals surface area contributed by atoms with E-state index in [9.17, 15) is 22.4 Å². The third kappa shape index (κ3) is 3.19. The van der Waals surface area contributed by atoms with Gasteiger partial charge in [0.25, 0.3) is 0 Å². The van der Waals surface area contributed by atoms with Gasteiger partial charge in [-0.15, -0.1) is 0 Å². The molecule has 0 amide bonds. The largest absolute Gasteiger partial charge is 0.480 e. The van der Waals surface area contributed by atoms with Crippen molar-refractivity contribution in [3.8, 4) is 0 Å². The Hall–Kier alpha value is -1.63. The second-order valence-electron chi connectivity index (χ2n) is 3.91. The van der Waals surface area contributed by atoms with Crippen molar-refractivity contribution in [2.75, 3.05) is 0 Å².